The number of thiophene rings is 1. The molecular weight excluding hydrogens is 490 g/mol. The molecule has 39 heavy (non-hydrogen) atoms. The summed E-state index contributed by atoms with van der Waals surface area (Å²) in [5.74, 6) is 0. The number of hydrogen-bond donors (Lipinski definition) is 1. The molecule has 2 heterocycles. The Balaban J connectivity index is 1.36. The Hall–Kier alpha value is -4.66. The Bertz CT molecular complexity index is 2190. The molecule has 182 valence electrons. The fraction of sp³-hybridized carbons (Fsp3) is 0.0270. The van der Waals surface area contributed by atoms with Gasteiger partial charge in [0.25, 0.3) is 0 Å². The van der Waals surface area contributed by atoms with Gasteiger partial charge in [-0.25, -0.2) is 0 Å². The average Bonchev–Trinajstić information content (AvgIpc) is 3.64. The van der Waals surface area contributed by atoms with Crippen LogP contribution in [0.2, 0.25) is 0 Å². The quantitative estimate of drug-likeness (QED) is 0.237. The van der Waals surface area contributed by atoms with Crippen LogP contribution in [0.5, 0.6) is 0 Å². The molecule has 0 spiro atoms. The van der Waals surface area contributed by atoms with Gasteiger partial charge in [-0.2, -0.15) is 0 Å². The van der Waals surface area contributed by atoms with Crippen molar-refractivity contribution in [3.8, 4) is 11.1 Å². The zero-order chi connectivity index (χ0) is 25.6. The van der Waals surface area contributed by atoms with Gasteiger partial charge in [0.1, 0.15) is 0 Å². The molecule has 0 unspecified atom stereocenters. The van der Waals surface area contributed by atoms with Gasteiger partial charge in [-0.05, 0) is 57.6 Å². The van der Waals surface area contributed by atoms with Crippen molar-refractivity contribution in [2.24, 2.45) is 0 Å². The highest BCUT2D eigenvalue weighted by Gasteiger charge is 2.45. The van der Waals surface area contributed by atoms with Crippen LogP contribution in [0.15, 0.2) is 133 Å². The molecule has 0 amide bonds. The fourth-order valence-electron chi connectivity index (χ4n) is 7.07. The fourth-order valence-corrected chi connectivity index (χ4v) is 8.20. The van der Waals surface area contributed by atoms with E-state index >= 15 is 0 Å². The van der Waals surface area contributed by atoms with E-state index in [2.05, 4.69) is 138 Å². The largest absolute Gasteiger partial charge is 0.354 e. The standard InChI is InChI=1S/C37H23NS/c1-2-10-23(11-3-1)37(31-15-7-4-12-25(31)26-13-5-8-16-32(26)37)24-18-19-27-29-21-30-28-14-6-9-17-35(28)39-36(30)22-34(29)38-33(27)20-24/h1-22,38H. The lowest BCUT2D eigenvalue weighted by molar-refractivity contribution is 0.770. The summed E-state index contributed by atoms with van der Waals surface area (Å²) in [4.78, 5) is 3.80. The summed E-state index contributed by atoms with van der Waals surface area (Å²) >= 11 is 1.87. The molecule has 6 aromatic carbocycles. The predicted octanol–water partition coefficient (Wildman–Crippen LogP) is 10.1. The van der Waals surface area contributed by atoms with E-state index in [1.165, 1.54) is 75.4 Å². The van der Waals surface area contributed by atoms with Gasteiger partial charge < -0.3 is 4.98 Å². The van der Waals surface area contributed by atoms with Crippen molar-refractivity contribution in [2.45, 2.75) is 5.41 Å². The van der Waals surface area contributed by atoms with Crippen molar-refractivity contribution in [3.05, 3.63) is 156 Å². The lowest BCUT2D eigenvalue weighted by Crippen LogP contribution is -2.28. The van der Waals surface area contributed by atoms with E-state index < -0.39 is 0 Å². The molecule has 1 aliphatic rings. The van der Waals surface area contributed by atoms with Gasteiger partial charge in [-0.15, -0.1) is 11.3 Å². The van der Waals surface area contributed by atoms with Gasteiger partial charge in [0.05, 0.1) is 5.41 Å². The summed E-state index contributed by atoms with van der Waals surface area (Å²) in [6, 6.07) is 49.4. The normalized spacial score (nSPS) is 13.8. The van der Waals surface area contributed by atoms with Crippen molar-refractivity contribution in [1.82, 2.24) is 4.98 Å². The maximum atomic E-state index is 3.80. The first-order chi connectivity index (χ1) is 19.3. The minimum atomic E-state index is -0.378. The molecule has 0 saturated carbocycles. The van der Waals surface area contributed by atoms with Crippen LogP contribution >= 0.6 is 11.3 Å². The summed E-state index contributed by atoms with van der Waals surface area (Å²) in [5.41, 5.74) is 9.92. The van der Waals surface area contributed by atoms with Gasteiger partial charge in [0.15, 0.2) is 0 Å². The van der Waals surface area contributed by atoms with E-state index in [-0.39, 0.29) is 5.41 Å². The number of fused-ring (bicyclic) bond motifs is 9. The zero-order valence-corrected chi connectivity index (χ0v) is 21.9. The lowest BCUT2D eigenvalue weighted by Gasteiger charge is -2.33. The number of rotatable bonds is 2. The van der Waals surface area contributed by atoms with Crippen LogP contribution in [-0.2, 0) is 5.41 Å². The number of aromatic nitrogens is 1. The third kappa shape index (κ3) is 2.74. The first-order valence-corrected chi connectivity index (χ1v) is 14.3. The Labute approximate surface area is 230 Å². The van der Waals surface area contributed by atoms with Crippen LogP contribution in [0.4, 0.5) is 0 Å². The lowest BCUT2D eigenvalue weighted by atomic mass is 9.67. The smallest absolute Gasteiger partial charge is 0.0714 e. The minimum absolute atomic E-state index is 0.378. The second kappa shape index (κ2) is 7.69. The van der Waals surface area contributed by atoms with Gasteiger partial charge in [0.2, 0.25) is 0 Å². The maximum Gasteiger partial charge on any atom is 0.0714 e. The van der Waals surface area contributed by atoms with Crippen molar-refractivity contribution in [1.29, 1.82) is 0 Å². The number of hydrogen-bond acceptors (Lipinski definition) is 1. The van der Waals surface area contributed by atoms with Gasteiger partial charge in [0, 0.05) is 42.0 Å². The topological polar surface area (TPSA) is 15.8 Å². The van der Waals surface area contributed by atoms with Crippen LogP contribution in [0, 0.1) is 0 Å². The molecule has 0 atom stereocenters. The van der Waals surface area contributed by atoms with E-state index in [1.54, 1.807) is 0 Å². The molecule has 1 nitrogen and oxygen atoms in total. The van der Waals surface area contributed by atoms with Crippen molar-refractivity contribution >= 4 is 53.3 Å². The summed E-state index contributed by atoms with van der Waals surface area (Å²) in [5, 5.41) is 5.24. The molecule has 0 fully saturated rings. The van der Waals surface area contributed by atoms with Crippen molar-refractivity contribution < 1.29 is 0 Å². The Morgan fingerprint density at radius 2 is 1.10 bits per heavy atom. The molecular formula is C37H23NS. The van der Waals surface area contributed by atoms with Crippen LogP contribution in [0.1, 0.15) is 22.3 Å². The Morgan fingerprint density at radius 3 is 1.90 bits per heavy atom. The van der Waals surface area contributed by atoms with E-state index in [0.29, 0.717) is 0 Å². The van der Waals surface area contributed by atoms with Crippen LogP contribution in [0.3, 0.4) is 0 Å². The maximum absolute atomic E-state index is 3.80. The van der Waals surface area contributed by atoms with Gasteiger partial charge in [-0.1, -0.05) is 109 Å². The Morgan fingerprint density at radius 1 is 0.436 bits per heavy atom. The van der Waals surface area contributed by atoms with Crippen LogP contribution < -0.4 is 0 Å². The monoisotopic (exact) mass is 513 g/mol. The molecule has 1 aliphatic carbocycles. The summed E-state index contributed by atoms with van der Waals surface area (Å²) in [6.07, 6.45) is 0. The van der Waals surface area contributed by atoms with E-state index in [0.717, 1.165) is 0 Å². The number of benzene rings is 6. The van der Waals surface area contributed by atoms with E-state index in [1.807, 2.05) is 11.3 Å². The number of aromatic amines is 1. The number of nitrogens with one attached hydrogen (secondary N) is 1. The third-order valence-electron chi connectivity index (χ3n) is 8.69. The molecule has 0 saturated heterocycles. The second-order valence-corrected chi connectivity index (χ2v) is 11.7. The molecule has 9 rings (SSSR count). The minimum Gasteiger partial charge on any atom is -0.354 e. The molecule has 2 aromatic heterocycles. The average molecular weight is 514 g/mol. The second-order valence-electron chi connectivity index (χ2n) is 10.6. The highest BCUT2D eigenvalue weighted by Crippen LogP contribution is 2.56. The first-order valence-electron chi connectivity index (χ1n) is 13.4. The van der Waals surface area contributed by atoms with Crippen molar-refractivity contribution in [2.75, 3.05) is 0 Å². The van der Waals surface area contributed by atoms with Crippen LogP contribution in [0.25, 0.3) is 53.1 Å². The third-order valence-corrected chi connectivity index (χ3v) is 9.82. The first kappa shape index (κ1) is 21.3. The number of H-pyrrole nitrogens is 1. The predicted molar refractivity (Wildman–Crippen MR) is 166 cm³/mol. The molecule has 2 heteroatoms. The summed E-state index contributed by atoms with van der Waals surface area (Å²) in [7, 11) is 0. The summed E-state index contributed by atoms with van der Waals surface area (Å²) in [6.45, 7) is 0. The zero-order valence-electron chi connectivity index (χ0n) is 21.1. The molecule has 0 radical (unpaired) electrons. The molecule has 0 aliphatic heterocycles. The molecule has 1 N–H and O–H groups in total. The summed E-state index contributed by atoms with van der Waals surface area (Å²) < 4.78 is 2.67. The van der Waals surface area contributed by atoms with E-state index in [4.69, 9.17) is 0 Å². The highest BCUT2D eigenvalue weighted by molar-refractivity contribution is 7.25. The van der Waals surface area contributed by atoms with Gasteiger partial charge >= 0.3 is 0 Å². The van der Waals surface area contributed by atoms with Crippen LogP contribution in [-0.4, -0.2) is 4.98 Å². The van der Waals surface area contributed by atoms with Crippen molar-refractivity contribution in [3.63, 3.8) is 0 Å². The van der Waals surface area contributed by atoms with E-state index in [9.17, 15) is 0 Å². The molecule has 8 aromatic rings. The Kier molecular flexibility index (Phi) is 4.20. The SMILES string of the molecule is c1ccc(C2(c3ccc4c(c3)[nH]c3cc5sc6ccccc6c5cc34)c3ccccc3-c3ccccc32)cc1. The van der Waals surface area contributed by atoms with Gasteiger partial charge in [-0.3, -0.25) is 0 Å². The molecule has 0 bridgehead atoms. The highest BCUT2D eigenvalue weighted by atomic mass is 32.1.